The number of imidazole rings is 1. The van der Waals surface area contributed by atoms with Crippen LogP contribution in [-0.4, -0.2) is 44.6 Å². The molecule has 0 spiro atoms. The maximum absolute atomic E-state index is 8.77. The summed E-state index contributed by atoms with van der Waals surface area (Å²) >= 11 is 0. The van der Waals surface area contributed by atoms with Gasteiger partial charge in [-0.25, -0.2) is 9.97 Å². The molecule has 5 nitrogen and oxygen atoms in total. The molecule has 5 heteroatoms. The predicted octanol–water partition coefficient (Wildman–Crippen LogP) is 0.153. The molecule has 0 aliphatic heterocycles. The van der Waals surface area contributed by atoms with Crippen LogP contribution >= 0.6 is 0 Å². The van der Waals surface area contributed by atoms with Gasteiger partial charge in [0, 0.05) is 31.7 Å². The minimum Gasteiger partial charge on any atom is -0.395 e. The van der Waals surface area contributed by atoms with Gasteiger partial charge in [0.15, 0.2) is 0 Å². The van der Waals surface area contributed by atoms with Crippen LogP contribution in [0.5, 0.6) is 0 Å². The van der Waals surface area contributed by atoms with Crippen molar-refractivity contribution in [2.24, 2.45) is 0 Å². The Hall–Kier alpha value is -1.46. The van der Waals surface area contributed by atoms with E-state index in [0.717, 1.165) is 12.2 Å². The van der Waals surface area contributed by atoms with E-state index in [0.29, 0.717) is 12.3 Å². The molecular formula is C10H14N4O. The lowest BCUT2D eigenvalue weighted by Gasteiger charge is -2.12. The van der Waals surface area contributed by atoms with Gasteiger partial charge in [-0.3, -0.25) is 9.30 Å². The lowest BCUT2D eigenvalue weighted by molar-refractivity contribution is 0.216. The monoisotopic (exact) mass is 206 g/mol. The van der Waals surface area contributed by atoms with E-state index < -0.39 is 0 Å². The summed E-state index contributed by atoms with van der Waals surface area (Å²) in [6.45, 7) is 1.55. The zero-order valence-corrected chi connectivity index (χ0v) is 8.67. The molecule has 0 aromatic carbocycles. The third kappa shape index (κ3) is 2.31. The molecular weight excluding hydrogens is 192 g/mol. The molecule has 0 atom stereocenters. The highest BCUT2D eigenvalue weighted by Crippen LogP contribution is 2.03. The average molecular weight is 206 g/mol. The molecule has 0 bridgehead atoms. The number of hydrogen-bond acceptors (Lipinski definition) is 4. The number of fused-ring (bicyclic) bond motifs is 1. The van der Waals surface area contributed by atoms with Crippen molar-refractivity contribution in [3.8, 4) is 0 Å². The number of likely N-dealkylation sites (N-methyl/N-ethyl adjacent to an activating group) is 1. The first kappa shape index (κ1) is 10.1. The van der Waals surface area contributed by atoms with Crippen molar-refractivity contribution in [1.82, 2.24) is 19.3 Å². The van der Waals surface area contributed by atoms with Gasteiger partial charge in [0.1, 0.15) is 0 Å². The van der Waals surface area contributed by atoms with Crippen LogP contribution in [0.1, 0.15) is 5.69 Å². The summed E-state index contributed by atoms with van der Waals surface area (Å²) in [5.74, 6) is 0.713. The van der Waals surface area contributed by atoms with E-state index in [1.54, 1.807) is 6.20 Å². The van der Waals surface area contributed by atoms with Gasteiger partial charge >= 0.3 is 0 Å². The van der Waals surface area contributed by atoms with Crippen LogP contribution < -0.4 is 0 Å². The van der Waals surface area contributed by atoms with Crippen LogP contribution in [-0.2, 0) is 6.54 Å². The highest BCUT2D eigenvalue weighted by molar-refractivity contribution is 5.29. The van der Waals surface area contributed by atoms with E-state index in [-0.39, 0.29) is 6.61 Å². The van der Waals surface area contributed by atoms with E-state index in [9.17, 15) is 0 Å². The highest BCUT2D eigenvalue weighted by atomic mass is 16.3. The largest absolute Gasteiger partial charge is 0.395 e. The number of hydrogen-bond donors (Lipinski definition) is 1. The van der Waals surface area contributed by atoms with Gasteiger partial charge in [-0.2, -0.15) is 0 Å². The van der Waals surface area contributed by atoms with Crippen LogP contribution in [0.3, 0.4) is 0 Å². The smallest absolute Gasteiger partial charge is 0.233 e. The van der Waals surface area contributed by atoms with Gasteiger partial charge in [0.25, 0.3) is 0 Å². The number of rotatable bonds is 4. The fraction of sp³-hybridized carbons (Fsp3) is 0.400. The lowest BCUT2D eigenvalue weighted by Crippen LogP contribution is -2.21. The fourth-order valence-corrected chi connectivity index (χ4v) is 1.48. The van der Waals surface area contributed by atoms with E-state index in [1.807, 2.05) is 34.8 Å². The van der Waals surface area contributed by atoms with Gasteiger partial charge in [0.05, 0.1) is 12.3 Å². The van der Waals surface area contributed by atoms with Crippen molar-refractivity contribution in [2.75, 3.05) is 20.2 Å². The Balaban J connectivity index is 2.15. The predicted molar refractivity (Wildman–Crippen MR) is 56.4 cm³/mol. The second kappa shape index (κ2) is 4.37. The second-order valence-electron chi connectivity index (χ2n) is 3.52. The van der Waals surface area contributed by atoms with E-state index in [2.05, 4.69) is 9.97 Å². The SMILES string of the molecule is CN(CCO)Cc1cn2cccnc2n1. The van der Waals surface area contributed by atoms with Gasteiger partial charge in [0.2, 0.25) is 5.78 Å². The number of aliphatic hydroxyl groups excluding tert-OH is 1. The third-order valence-corrected chi connectivity index (χ3v) is 2.20. The summed E-state index contributed by atoms with van der Waals surface area (Å²) in [5, 5.41) is 8.77. The molecule has 80 valence electrons. The number of aliphatic hydroxyl groups is 1. The first-order valence-corrected chi connectivity index (χ1v) is 4.87. The van der Waals surface area contributed by atoms with Crippen molar-refractivity contribution in [3.05, 3.63) is 30.4 Å². The zero-order chi connectivity index (χ0) is 10.7. The van der Waals surface area contributed by atoms with Gasteiger partial charge in [-0.15, -0.1) is 0 Å². The highest BCUT2D eigenvalue weighted by Gasteiger charge is 2.04. The first-order valence-electron chi connectivity index (χ1n) is 4.87. The average Bonchev–Trinajstić information content (AvgIpc) is 2.59. The summed E-state index contributed by atoms with van der Waals surface area (Å²) in [6, 6.07) is 1.87. The topological polar surface area (TPSA) is 53.7 Å². The van der Waals surface area contributed by atoms with Crippen LogP contribution in [0, 0.1) is 0 Å². The normalized spacial score (nSPS) is 11.4. The Bertz CT molecular complexity index is 407. The number of nitrogens with zero attached hydrogens (tertiary/aromatic N) is 4. The standard InChI is InChI=1S/C10H14N4O/c1-13(5-6-15)7-9-8-14-4-2-3-11-10(14)12-9/h2-4,8,15H,5-7H2,1H3. The van der Waals surface area contributed by atoms with Crippen LogP contribution in [0.2, 0.25) is 0 Å². The molecule has 0 saturated heterocycles. The summed E-state index contributed by atoms with van der Waals surface area (Å²) in [6.07, 6.45) is 5.60. The minimum atomic E-state index is 0.169. The van der Waals surface area contributed by atoms with Crippen LogP contribution in [0.25, 0.3) is 5.78 Å². The second-order valence-corrected chi connectivity index (χ2v) is 3.52. The van der Waals surface area contributed by atoms with Crippen molar-refractivity contribution >= 4 is 5.78 Å². The van der Waals surface area contributed by atoms with Crippen molar-refractivity contribution < 1.29 is 5.11 Å². The molecule has 0 saturated carbocycles. The molecule has 0 fully saturated rings. The molecule has 0 radical (unpaired) electrons. The molecule has 2 aromatic heterocycles. The lowest BCUT2D eigenvalue weighted by atomic mass is 10.4. The Morgan fingerprint density at radius 3 is 3.13 bits per heavy atom. The van der Waals surface area contributed by atoms with Gasteiger partial charge < -0.3 is 5.11 Å². The van der Waals surface area contributed by atoms with Gasteiger partial charge in [-0.1, -0.05) is 0 Å². The summed E-state index contributed by atoms with van der Waals surface area (Å²) in [7, 11) is 1.95. The molecule has 2 aromatic rings. The summed E-state index contributed by atoms with van der Waals surface area (Å²) in [4.78, 5) is 10.5. The maximum Gasteiger partial charge on any atom is 0.233 e. The van der Waals surface area contributed by atoms with Gasteiger partial charge in [-0.05, 0) is 13.1 Å². The molecule has 2 rings (SSSR count). The quantitative estimate of drug-likeness (QED) is 0.774. The summed E-state index contributed by atoms with van der Waals surface area (Å²) in [5.41, 5.74) is 0.963. The van der Waals surface area contributed by atoms with Crippen molar-refractivity contribution in [3.63, 3.8) is 0 Å². The third-order valence-electron chi connectivity index (χ3n) is 2.20. The maximum atomic E-state index is 8.77. The van der Waals surface area contributed by atoms with Crippen LogP contribution in [0.4, 0.5) is 0 Å². The number of aromatic nitrogens is 3. The Morgan fingerprint density at radius 1 is 1.53 bits per heavy atom. The molecule has 1 N–H and O–H groups in total. The zero-order valence-electron chi connectivity index (χ0n) is 8.67. The molecule has 0 aliphatic carbocycles. The summed E-state index contributed by atoms with van der Waals surface area (Å²) < 4.78 is 1.89. The van der Waals surface area contributed by atoms with Crippen molar-refractivity contribution in [1.29, 1.82) is 0 Å². The van der Waals surface area contributed by atoms with E-state index in [1.165, 1.54) is 0 Å². The first-order chi connectivity index (χ1) is 7.29. The Morgan fingerprint density at radius 2 is 2.40 bits per heavy atom. The van der Waals surface area contributed by atoms with Crippen molar-refractivity contribution in [2.45, 2.75) is 6.54 Å². The minimum absolute atomic E-state index is 0.169. The van der Waals surface area contributed by atoms with E-state index in [4.69, 9.17) is 5.11 Å². The van der Waals surface area contributed by atoms with E-state index >= 15 is 0 Å². The molecule has 0 aliphatic rings. The Kier molecular flexibility index (Phi) is 2.94. The fourth-order valence-electron chi connectivity index (χ4n) is 1.48. The molecule has 0 amide bonds. The molecule has 15 heavy (non-hydrogen) atoms. The molecule has 2 heterocycles. The van der Waals surface area contributed by atoms with Crippen LogP contribution in [0.15, 0.2) is 24.7 Å². The Labute approximate surface area is 88.0 Å². The molecule has 0 unspecified atom stereocenters.